The molecule has 4 aromatic heterocycles. The van der Waals surface area contributed by atoms with Gasteiger partial charge in [-0.15, -0.1) is 0 Å². The Labute approximate surface area is 216 Å². The van der Waals surface area contributed by atoms with Crippen molar-refractivity contribution in [3.8, 4) is 22.5 Å². The van der Waals surface area contributed by atoms with Gasteiger partial charge in [-0.05, 0) is 55.5 Å². The molecule has 0 spiro atoms. The largest absolute Gasteiger partial charge is 0.460 e. The average molecular weight is 484 g/mol. The predicted molar refractivity (Wildman–Crippen MR) is 144 cm³/mol. The summed E-state index contributed by atoms with van der Waals surface area (Å²) < 4.78 is 11.4. The Morgan fingerprint density at radius 3 is 2.68 bits per heavy atom. The number of pyridine rings is 3. The van der Waals surface area contributed by atoms with Crippen LogP contribution in [0.15, 0.2) is 89.7 Å². The molecule has 0 N–H and O–H groups in total. The van der Waals surface area contributed by atoms with Crippen LogP contribution in [0.3, 0.4) is 0 Å². The highest BCUT2D eigenvalue weighted by molar-refractivity contribution is 5.94. The van der Waals surface area contributed by atoms with E-state index in [9.17, 15) is 0 Å². The molecular weight excluding hydrogens is 454 g/mol. The quantitative estimate of drug-likeness (QED) is 0.240. The van der Waals surface area contributed by atoms with Crippen LogP contribution in [-0.4, -0.2) is 4.98 Å². The highest BCUT2D eigenvalue weighted by atomic mass is 16.3. The summed E-state index contributed by atoms with van der Waals surface area (Å²) in [6, 6.07) is 22.2. The summed E-state index contributed by atoms with van der Waals surface area (Å²) in [4.78, 5) is 5.21. The first-order chi connectivity index (χ1) is 18.4. The Morgan fingerprint density at radius 1 is 0.865 bits per heavy atom. The Hall–Kier alpha value is -4.05. The summed E-state index contributed by atoms with van der Waals surface area (Å²) in [5, 5.41) is 1.20. The minimum atomic E-state index is 0.263. The lowest BCUT2D eigenvalue weighted by atomic mass is 9.78. The lowest BCUT2D eigenvalue weighted by molar-refractivity contribution is -0.718. The van der Waals surface area contributed by atoms with Gasteiger partial charge < -0.3 is 4.42 Å². The maximum absolute atomic E-state index is 6.69. The van der Waals surface area contributed by atoms with Gasteiger partial charge in [0.1, 0.15) is 11.3 Å². The van der Waals surface area contributed by atoms with Crippen molar-refractivity contribution in [2.75, 3.05) is 0 Å². The molecule has 180 valence electrons. The average Bonchev–Trinajstić information content (AvgIpc) is 3.33. The molecule has 2 unspecified atom stereocenters. The van der Waals surface area contributed by atoms with Crippen molar-refractivity contribution < 1.29 is 13.6 Å². The van der Waals surface area contributed by atoms with E-state index in [4.69, 9.17) is 9.40 Å². The number of aryl methyl sites for hydroxylation is 2. The van der Waals surface area contributed by atoms with Crippen LogP contribution in [0.25, 0.3) is 39.7 Å². The molecule has 0 saturated carbocycles. The summed E-state index contributed by atoms with van der Waals surface area (Å²) >= 11 is 0. The number of benzene rings is 1. The summed E-state index contributed by atoms with van der Waals surface area (Å²) in [5.41, 5.74) is 9.84. The van der Waals surface area contributed by atoms with E-state index >= 15 is 0 Å². The number of hydrogen-bond donors (Lipinski definition) is 0. The second-order valence-electron chi connectivity index (χ2n) is 10.6. The van der Waals surface area contributed by atoms with Crippen LogP contribution in [0.5, 0.6) is 0 Å². The van der Waals surface area contributed by atoms with Crippen molar-refractivity contribution in [3.63, 3.8) is 0 Å². The minimum Gasteiger partial charge on any atom is -0.460 e. The molecule has 1 aromatic carbocycles. The molecule has 2 atom stereocenters. The van der Waals surface area contributed by atoms with Crippen LogP contribution >= 0.6 is 0 Å². The van der Waals surface area contributed by atoms with Gasteiger partial charge in [0.25, 0.3) is 0 Å². The van der Waals surface area contributed by atoms with Crippen molar-refractivity contribution in [1.29, 1.82) is 0 Å². The fourth-order valence-electron chi connectivity index (χ4n) is 6.94. The Bertz CT molecular complexity index is 1710. The SMILES string of the molecule is C1=C/[n+]2ccccc2-c2c(ncc3c4c(oc23)CCCC4)CC2C(C/1)c1ccccc1-c1cccc[n+]12. The number of nitrogens with zero attached hydrogens (tertiary/aromatic N) is 3. The Kier molecular flexibility index (Phi) is 4.69. The number of allylic oxidation sites excluding steroid dienone is 1. The molecule has 6 heterocycles. The first kappa shape index (κ1) is 21.1. The second-order valence-corrected chi connectivity index (χ2v) is 10.6. The molecule has 4 nitrogen and oxygen atoms in total. The van der Waals surface area contributed by atoms with E-state index in [1.54, 1.807) is 0 Å². The Balaban J connectivity index is 1.41. The molecule has 4 heteroatoms. The molecule has 37 heavy (non-hydrogen) atoms. The monoisotopic (exact) mass is 483 g/mol. The molecule has 0 radical (unpaired) electrons. The minimum absolute atomic E-state index is 0.263. The van der Waals surface area contributed by atoms with Gasteiger partial charge in [0, 0.05) is 53.4 Å². The fourth-order valence-corrected chi connectivity index (χ4v) is 6.94. The van der Waals surface area contributed by atoms with Crippen LogP contribution in [0.4, 0.5) is 0 Å². The third-order valence-electron chi connectivity index (χ3n) is 8.63. The third-order valence-corrected chi connectivity index (χ3v) is 8.63. The van der Waals surface area contributed by atoms with E-state index in [-0.39, 0.29) is 6.04 Å². The van der Waals surface area contributed by atoms with E-state index in [1.807, 2.05) is 0 Å². The van der Waals surface area contributed by atoms with E-state index < -0.39 is 0 Å². The predicted octanol–water partition coefficient (Wildman–Crippen LogP) is 6.37. The van der Waals surface area contributed by atoms with Gasteiger partial charge in [0.05, 0.1) is 18.0 Å². The molecule has 1 aliphatic carbocycles. The fraction of sp³-hybridized carbons (Fsp3) is 0.242. The Morgan fingerprint density at radius 2 is 1.70 bits per heavy atom. The molecule has 0 saturated heterocycles. The van der Waals surface area contributed by atoms with Gasteiger partial charge in [-0.25, -0.2) is 0 Å². The zero-order chi connectivity index (χ0) is 24.3. The third kappa shape index (κ3) is 3.18. The lowest BCUT2D eigenvalue weighted by Gasteiger charge is -2.30. The summed E-state index contributed by atoms with van der Waals surface area (Å²) in [6.07, 6.45) is 17.4. The van der Waals surface area contributed by atoms with Crippen LogP contribution in [0, 0.1) is 0 Å². The number of fused-ring (bicyclic) bond motifs is 13. The van der Waals surface area contributed by atoms with Crippen molar-refractivity contribution in [2.24, 2.45) is 0 Å². The lowest BCUT2D eigenvalue weighted by Crippen LogP contribution is -2.48. The van der Waals surface area contributed by atoms with Gasteiger partial charge in [0.2, 0.25) is 11.4 Å². The summed E-state index contributed by atoms with van der Waals surface area (Å²) in [5.74, 6) is 1.52. The highest BCUT2D eigenvalue weighted by Gasteiger charge is 2.41. The first-order valence-corrected chi connectivity index (χ1v) is 13.6. The smallest absolute Gasteiger partial charge is 0.223 e. The van der Waals surface area contributed by atoms with Crippen molar-refractivity contribution >= 4 is 17.2 Å². The van der Waals surface area contributed by atoms with E-state index in [0.29, 0.717) is 5.92 Å². The molecule has 0 amide bonds. The molecule has 5 aromatic rings. The normalized spacial score (nSPS) is 20.5. The second kappa shape index (κ2) is 8.24. The van der Waals surface area contributed by atoms with Crippen molar-refractivity contribution in [1.82, 2.24) is 4.98 Å². The molecule has 3 aliphatic rings. The van der Waals surface area contributed by atoms with Gasteiger partial charge in [0.15, 0.2) is 30.2 Å². The van der Waals surface area contributed by atoms with E-state index in [1.165, 1.54) is 40.6 Å². The van der Waals surface area contributed by atoms with Crippen LogP contribution in [0.2, 0.25) is 0 Å². The van der Waals surface area contributed by atoms with Gasteiger partial charge in [-0.3, -0.25) is 4.98 Å². The van der Waals surface area contributed by atoms with Crippen LogP contribution in [0.1, 0.15) is 53.8 Å². The van der Waals surface area contributed by atoms with Gasteiger partial charge in [-0.1, -0.05) is 18.2 Å². The number of hydrogen-bond acceptors (Lipinski definition) is 2. The number of rotatable bonds is 0. The number of furan rings is 1. The van der Waals surface area contributed by atoms with Gasteiger partial charge >= 0.3 is 0 Å². The topological polar surface area (TPSA) is 33.8 Å². The molecule has 2 aliphatic heterocycles. The molecule has 0 bridgehead atoms. The van der Waals surface area contributed by atoms with Crippen molar-refractivity contribution in [3.05, 3.63) is 108 Å². The van der Waals surface area contributed by atoms with E-state index in [0.717, 1.165) is 54.0 Å². The maximum atomic E-state index is 6.69. The van der Waals surface area contributed by atoms with Gasteiger partial charge in [-0.2, -0.15) is 9.13 Å². The zero-order valence-corrected chi connectivity index (χ0v) is 20.8. The summed E-state index contributed by atoms with van der Waals surface area (Å²) in [7, 11) is 0. The molecular formula is C33H29N3O+2. The van der Waals surface area contributed by atoms with E-state index in [2.05, 4.69) is 101 Å². The first-order valence-electron chi connectivity index (χ1n) is 13.6. The van der Waals surface area contributed by atoms with Crippen LogP contribution < -0.4 is 9.13 Å². The molecule has 0 fully saturated rings. The number of aromatic nitrogens is 3. The zero-order valence-electron chi connectivity index (χ0n) is 20.8. The van der Waals surface area contributed by atoms with Crippen LogP contribution in [-0.2, 0) is 19.3 Å². The molecule has 8 rings (SSSR count). The standard InChI is InChI=1S/C33H29N3O/c1-2-11-23-22(10-1)24-13-9-18-35-17-7-5-15-29(35)32-27(20-30(24)36-19-8-6-14-28(23)36)34-21-26-25-12-3-4-16-31(25)37-33(26)32/h1-2,5-11,14-15,17-19,21,24,30H,3-4,12-13,16,20H2/q+2/b18-9+. The highest BCUT2D eigenvalue weighted by Crippen LogP contribution is 2.44. The summed E-state index contributed by atoms with van der Waals surface area (Å²) in [6.45, 7) is 0. The maximum Gasteiger partial charge on any atom is 0.223 e. The van der Waals surface area contributed by atoms with Crippen molar-refractivity contribution in [2.45, 2.75) is 50.5 Å².